The Bertz CT molecular complexity index is 802. The van der Waals surface area contributed by atoms with Crippen molar-refractivity contribution in [1.29, 1.82) is 0 Å². The molecule has 0 bridgehead atoms. The van der Waals surface area contributed by atoms with E-state index in [1.165, 1.54) is 5.97 Å². The van der Waals surface area contributed by atoms with Gasteiger partial charge < -0.3 is 0 Å². The number of aromatic nitrogens is 2. The number of H-pyrrole nitrogens is 1. The Kier molecular flexibility index (Phi) is 5.78. The number of ether oxygens (including phenoxy) is 1. The monoisotopic (exact) mass is 306 g/mol. The summed E-state index contributed by atoms with van der Waals surface area (Å²) in [5, 5.41) is 3.07. The summed E-state index contributed by atoms with van der Waals surface area (Å²) in [5.41, 5.74) is 2.88. The van der Waals surface area contributed by atoms with E-state index in [9.17, 15) is 0 Å². The van der Waals surface area contributed by atoms with Gasteiger partial charge in [0, 0.05) is 0 Å². The summed E-state index contributed by atoms with van der Waals surface area (Å²) in [6.07, 6.45) is 0. The van der Waals surface area contributed by atoms with Gasteiger partial charge >= 0.3 is 136 Å². The van der Waals surface area contributed by atoms with Crippen LogP contribution in [0, 0.1) is 0 Å². The Morgan fingerprint density at radius 3 is 2.77 bits per heavy atom. The molecule has 2 heterocycles. The molecule has 1 N–H and O–H groups in total. The number of benzene rings is 1. The summed E-state index contributed by atoms with van der Waals surface area (Å²) >= 11 is 1.57. The second kappa shape index (κ2) is 7.80. The van der Waals surface area contributed by atoms with Gasteiger partial charge in [0.1, 0.15) is 0 Å². The van der Waals surface area contributed by atoms with Crippen molar-refractivity contribution in [1.82, 2.24) is 4.98 Å². The van der Waals surface area contributed by atoms with Crippen molar-refractivity contribution >= 4 is 54.0 Å². The molecule has 1 radical (unpaired) electrons. The predicted molar refractivity (Wildman–Crippen MR) is 98.2 cm³/mol. The molecule has 0 aliphatic carbocycles. The summed E-state index contributed by atoms with van der Waals surface area (Å²) in [6.45, 7) is 7.27. The summed E-state index contributed by atoms with van der Waals surface area (Å²) in [4.78, 5) is 8.79. The van der Waals surface area contributed by atoms with Gasteiger partial charge in [-0.2, -0.15) is 0 Å². The van der Waals surface area contributed by atoms with Crippen LogP contribution in [-0.4, -0.2) is 38.9 Å². The van der Waals surface area contributed by atoms with Gasteiger partial charge in [0.25, 0.3) is 0 Å². The fraction of sp³-hybridized carbons (Fsp3) is 0.125. The van der Waals surface area contributed by atoms with E-state index in [0.717, 1.165) is 32.9 Å². The zero-order chi connectivity index (χ0) is 15.9. The molecule has 3 aromatic rings. The van der Waals surface area contributed by atoms with E-state index in [-0.39, 0.29) is 0 Å². The summed E-state index contributed by atoms with van der Waals surface area (Å²) in [6, 6.07) is 10.0. The predicted octanol–water partition coefficient (Wildman–Crippen LogP) is 1.52. The van der Waals surface area contributed by atoms with Crippen LogP contribution in [-0.2, 0) is 0 Å². The van der Waals surface area contributed by atoms with Gasteiger partial charge in [-0.15, -0.1) is 0 Å². The average Bonchev–Trinajstić information content (AvgIpc) is 3.03. The molecule has 0 spiro atoms. The van der Waals surface area contributed by atoms with E-state index in [0.29, 0.717) is 0 Å². The first-order valence-corrected chi connectivity index (χ1v) is 7.68. The molecule has 107 valence electrons. The molecule has 1 aromatic carbocycles. The molecule has 0 amide bonds. The molecule has 0 aliphatic heterocycles. The quantitative estimate of drug-likeness (QED) is 0.688. The van der Waals surface area contributed by atoms with E-state index >= 15 is 0 Å². The first-order valence-electron chi connectivity index (χ1n) is 6.80. The van der Waals surface area contributed by atoms with Crippen LogP contribution in [0.25, 0.3) is 22.3 Å². The summed E-state index contributed by atoms with van der Waals surface area (Å²) < 4.78 is 5.46. The number of nitrogens with zero attached hydrogens (tertiary/aromatic N) is 1. The van der Waals surface area contributed by atoms with Gasteiger partial charge in [-0.25, -0.2) is 0 Å². The van der Waals surface area contributed by atoms with Gasteiger partial charge in [0.05, 0.1) is 0 Å². The van der Waals surface area contributed by atoms with E-state index in [1.54, 1.807) is 32.3 Å². The molecule has 0 saturated heterocycles. The standard InChI is InChI=1S/C14H11BN2OS.C2H4B/c1-15-14-17-12(8-19-14)11-7-13(18-2)9-5-3-4-6-10(9)16-11;1-2-3/h3-8H,1H2,2H3;2H,1H3/p+1. The Morgan fingerprint density at radius 2 is 2.14 bits per heavy atom. The number of nitrogens with one attached hydrogen (secondary N) is 1. The number of para-hydroxylation sites is 1. The van der Waals surface area contributed by atoms with Crippen molar-refractivity contribution in [2.24, 2.45) is 0 Å². The van der Waals surface area contributed by atoms with Gasteiger partial charge in [0.2, 0.25) is 0 Å². The van der Waals surface area contributed by atoms with Crippen molar-refractivity contribution in [3.63, 3.8) is 0 Å². The van der Waals surface area contributed by atoms with Crippen LogP contribution in [0.2, 0.25) is 0 Å². The van der Waals surface area contributed by atoms with E-state index < -0.39 is 0 Å². The third-order valence-corrected chi connectivity index (χ3v) is 3.77. The van der Waals surface area contributed by atoms with E-state index in [2.05, 4.69) is 16.4 Å². The van der Waals surface area contributed by atoms with E-state index in [4.69, 9.17) is 12.2 Å². The van der Waals surface area contributed by atoms with Crippen molar-refractivity contribution in [2.75, 3.05) is 7.11 Å². The molecule has 0 unspecified atom stereocenters. The van der Waals surface area contributed by atoms with Crippen LogP contribution in [0.1, 0.15) is 6.92 Å². The molecule has 0 fully saturated rings. The molecular formula is C16H16B2N2OS+. The Morgan fingerprint density at radius 1 is 1.41 bits per heavy atom. The molecule has 0 saturated carbocycles. The third kappa shape index (κ3) is 3.57. The molecular weight excluding hydrogens is 290 g/mol. The normalized spacial score (nSPS) is 9.50. The number of hydrogen-bond acceptors (Lipinski definition) is 3. The fourth-order valence-corrected chi connectivity index (χ4v) is 2.67. The molecule has 0 aliphatic rings. The Hall–Kier alpha value is -2.07. The van der Waals surface area contributed by atoms with Gasteiger partial charge in [0.15, 0.2) is 0 Å². The number of pyridine rings is 1. The topological polar surface area (TPSA) is 36.3 Å². The SMILES string of the molecule is C=Bc1nc(-c2cc(OC)c3ccccc3[nH+]2)cs1.[B]=CC. The number of aromatic amines is 1. The van der Waals surface area contributed by atoms with Gasteiger partial charge in [-0.05, 0) is 0 Å². The summed E-state index contributed by atoms with van der Waals surface area (Å²) in [7, 11) is 6.40. The van der Waals surface area contributed by atoms with Crippen molar-refractivity contribution < 1.29 is 9.72 Å². The van der Waals surface area contributed by atoms with Crippen LogP contribution >= 0.6 is 11.3 Å². The molecule has 3 nitrogen and oxygen atoms in total. The second-order valence-electron chi connectivity index (χ2n) is 4.41. The third-order valence-electron chi connectivity index (χ3n) is 2.93. The summed E-state index contributed by atoms with van der Waals surface area (Å²) in [5.74, 6) is 2.34. The van der Waals surface area contributed by atoms with Crippen LogP contribution in [0.5, 0.6) is 5.75 Å². The van der Waals surface area contributed by atoms with Crippen LogP contribution in [0.4, 0.5) is 0 Å². The first kappa shape index (κ1) is 16.3. The molecule has 3 rings (SSSR count). The first-order chi connectivity index (χ1) is 10.7. The van der Waals surface area contributed by atoms with Crippen LogP contribution < -0.4 is 14.6 Å². The molecule has 6 heteroatoms. The Balaban J connectivity index is 0.000000545. The molecule has 2 aromatic heterocycles. The molecule has 22 heavy (non-hydrogen) atoms. The molecule has 0 atom stereocenters. The van der Waals surface area contributed by atoms with Gasteiger partial charge in [-0.3, -0.25) is 0 Å². The fourth-order valence-electron chi connectivity index (χ4n) is 2.01. The van der Waals surface area contributed by atoms with Crippen molar-refractivity contribution in [3.8, 4) is 17.1 Å². The average molecular weight is 306 g/mol. The second-order valence-corrected chi connectivity index (χ2v) is 5.30. The van der Waals surface area contributed by atoms with E-state index in [1.807, 2.05) is 35.7 Å². The van der Waals surface area contributed by atoms with Crippen molar-refractivity contribution in [2.45, 2.75) is 6.92 Å². The number of thiazole rings is 1. The zero-order valence-corrected chi connectivity index (χ0v) is 13.5. The van der Waals surface area contributed by atoms with Gasteiger partial charge in [-0.1, -0.05) is 0 Å². The van der Waals surface area contributed by atoms with Crippen LogP contribution in [0.3, 0.4) is 0 Å². The zero-order valence-electron chi connectivity index (χ0n) is 12.7. The minimum atomic E-state index is 0.845. The van der Waals surface area contributed by atoms with Crippen molar-refractivity contribution in [3.05, 3.63) is 35.7 Å². The van der Waals surface area contributed by atoms with Crippen LogP contribution in [0.15, 0.2) is 35.7 Å². The maximum atomic E-state index is 5.46. The Labute approximate surface area is 136 Å². The number of hydrogen-bond donors (Lipinski definition) is 0. The number of rotatable bonds is 3. The maximum absolute atomic E-state index is 5.46. The number of methoxy groups -OCH3 is 1. The number of fused-ring (bicyclic) bond motifs is 1. The minimum absolute atomic E-state index is 0.845.